The van der Waals surface area contributed by atoms with Gasteiger partial charge < -0.3 is 5.11 Å². The van der Waals surface area contributed by atoms with Crippen molar-refractivity contribution in [1.82, 2.24) is 0 Å². The average molecular weight is 170 g/mol. The van der Waals surface area contributed by atoms with Gasteiger partial charge in [0.2, 0.25) is 0 Å². The molecule has 0 aliphatic carbocycles. The van der Waals surface area contributed by atoms with Crippen LogP contribution in [0.3, 0.4) is 0 Å². The summed E-state index contributed by atoms with van der Waals surface area (Å²) in [5.74, 6) is 0.254. The molecule has 0 saturated heterocycles. The number of ketones is 1. The summed E-state index contributed by atoms with van der Waals surface area (Å²) in [7, 11) is 0. The average Bonchev–Trinajstić information content (AvgIpc) is 2.09. The van der Waals surface area contributed by atoms with Crippen LogP contribution in [0.1, 0.15) is 39.0 Å². The molecule has 1 N–H and O–H groups in total. The van der Waals surface area contributed by atoms with Gasteiger partial charge in [0.15, 0.2) is 0 Å². The number of allylic oxidation sites excluding steroid dienone is 2. The summed E-state index contributed by atoms with van der Waals surface area (Å²) in [4.78, 5) is 11.0. The molecule has 2 heteroatoms. The standard InChI is InChI=1S/C10H18O2/c1-2-3-4-5-7-10(12)8-6-9-11/h3-4,11H,2,5-9H2,1H3/b4-3-. The normalized spacial score (nSPS) is 10.8. The lowest BCUT2D eigenvalue weighted by Gasteiger charge is -1.95. The van der Waals surface area contributed by atoms with Crippen molar-refractivity contribution in [3.63, 3.8) is 0 Å². The van der Waals surface area contributed by atoms with Crippen LogP contribution in [-0.2, 0) is 4.79 Å². The third-order valence-electron chi connectivity index (χ3n) is 1.61. The van der Waals surface area contributed by atoms with Crippen molar-refractivity contribution in [2.45, 2.75) is 39.0 Å². The van der Waals surface area contributed by atoms with E-state index >= 15 is 0 Å². The molecule has 0 radical (unpaired) electrons. The second-order valence-electron chi connectivity index (χ2n) is 2.78. The van der Waals surface area contributed by atoms with Gasteiger partial charge in [-0.1, -0.05) is 19.1 Å². The predicted molar refractivity (Wildman–Crippen MR) is 50.0 cm³/mol. The molecule has 0 aromatic heterocycles. The van der Waals surface area contributed by atoms with Crippen LogP contribution in [0.2, 0.25) is 0 Å². The van der Waals surface area contributed by atoms with Crippen molar-refractivity contribution >= 4 is 5.78 Å². The lowest BCUT2D eigenvalue weighted by Crippen LogP contribution is -1.98. The van der Waals surface area contributed by atoms with Gasteiger partial charge >= 0.3 is 0 Å². The van der Waals surface area contributed by atoms with E-state index in [1.54, 1.807) is 0 Å². The monoisotopic (exact) mass is 170 g/mol. The second kappa shape index (κ2) is 8.47. The predicted octanol–water partition coefficient (Wildman–Crippen LogP) is 2.07. The van der Waals surface area contributed by atoms with Crippen molar-refractivity contribution < 1.29 is 9.90 Å². The Morgan fingerprint density at radius 2 is 2.08 bits per heavy atom. The van der Waals surface area contributed by atoms with Gasteiger partial charge in [0, 0.05) is 19.4 Å². The number of hydrogen-bond donors (Lipinski definition) is 1. The lowest BCUT2D eigenvalue weighted by molar-refractivity contribution is -0.119. The fourth-order valence-corrected chi connectivity index (χ4v) is 0.930. The molecule has 0 fully saturated rings. The van der Waals surface area contributed by atoms with Crippen molar-refractivity contribution in [3.8, 4) is 0 Å². The summed E-state index contributed by atoms with van der Waals surface area (Å²) >= 11 is 0. The number of aliphatic hydroxyl groups excluding tert-OH is 1. The van der Waals surface area contributed by atoms with Crippen LogP contribution in [0.15, 0.2) is 12.2 Å². The molecule has 0 atom stereocenters. The van der Waals surface area contributed by atoms with Gasteiger partial charge in [0.25, 0.3) is 0 Å². The molecule has 0 aromatic carbocycles. The van der Waals surface area contributed by atoms with Crippen LogP contribution in [0.4, 0.5) is 0 Å². The summed E-state index contributed by atoms with van der Waals surface area (Å²) in [5, 5.41) is 8.46. The van der Waals surface area contributed by atoms with Crippen LogP contribution >= 0.6 is 0 Å². The number of aliphatic hydroxyl groups is 1. The molecule has 0 aromatic rings. The van der Waals surface area contributed by atoms with Gasteiger partial charge in [-0.05, 0) is 19.3 Å². The Bertz CT molecular complexity index is 139. The molecule has 0 aliphatic heterocycles. The zero-order chi connectivity index (χ0) is 9.23. The first kappa shape index (κ1) is 11.4. The van der Waals surface area contributed by atoms with Crippen molar-refractivity contribution in [2.75, 3.05) is 6.61 Å². The van der Waals surface area contributed by atoms with Gasteiger partial charge in [0.05, 0.1) is 0 Å². The maximum Gasteiger partial charge on any atom is 0.133 e. The minimum absolute atomic E-state index is 0.122. The minimum atomic E-state index is 0.122. The van der Waals surface area contributed by atoms with Crippen molar-refractivity contribution in [2.24, 2.45) is 0 Å². The highest BCUT2D eigenvalue weighted by Crippen LogP contribution is 1.99. The van der Waals surface area contributed by atoms with Crippen LogP contribution in [0.25, 0.3) is 0 Å². The highest BCUT2D eigenvalue weighted by atomic mass is 16.3. The van der Waals surface area contributed by atoms with Crippen LogP contribution in [0.5, 0.6) is 0 Å². The van der Waals surface area contributed by atoms with Crippen molar-refractivity contribution in [1.29, 1.82) is 0 Å². The van der Waals surface area contributed by atoms with Gasteiger partial charge in [-0.3, -0.25) is 4.79 Å². The fourth-order valence-electron chi connectivity index (χ4n) is 0.930. The zero-order valence-corrected chi connectivity index (χ0v) is 7.75. The van der Waals surface area contributed by atoms with E-state index in [9.17, 15) is 4.79 Å². The number of Topliss-reactive ketones (excluding diaryl/α,β-unsaturated/α-hetero) is 1. The van der Waals surface area contributed by atoms with Gasteiger partial charge in [-0.15, -0.1) is 0 Å². The highest BCUT2D eigenvalue weighted by molar-refractivity contribution is 5.78. The lowest BCUT2D eigenvalue weighted by atomic mass is 10.1. The first-order chi connectivity index (χ1) is 5.81. The zero-order valence-electron chi connectivity index (χ0n) is 7.75. The van der Waals surface area contributed by atoms with E-state index in [2.05, 4.69) is 13.0 Å². The Labute approximate surface area is 74.3 Å². The van der Waals surface area contributed by atoms with Gasteiger partial charge in [-0.25, -0.2) is 0 Å². The van der Waals surface area contributed by atoms with Gasteiger partial charge in [-0.2, -0.15) is 0 Å². The van der Waals surface area contributed by atoms with E-state index in [0.717, 1.165) is 12.8 Å². The molecular weight excluding hydrogens is 152 g/mol. The van der Waals surface area contributed by atoms with E-state index in [-0.39, 0.29) is 12.4 Å². The number of hydrogen-bond acceptors (Lipinski definition) is 2. The minimum Gasteiger partial charge on any atom is -0.396 e. The van der Waals surface area contributed by atoms with Crippen molar-refractivity contribution in [3.05, 3.63) is 12.2 Å². The van der Waals surface area contributed by atoms with Crippen LogP contribution in [-0.4, -0.2) is 17.5 Å². The molecule has 0 unspecified atom stereocenters. The van der Waals surface area contributed by atoms with Gasteiger partial charge in [0.1, 0.15) is 5.78 Å². The quantitative estimate of drug-likeness (QED) is 0.594. The Balaban J connectivity index is 3.25. The molecule has 0 amide bonds. The molecule has 0 bridgehead atoms. The topological polar surface area (TPSA) is 37.3 Å². The molecule has 70 valence electrons. The summed E-state index contributed by atoms with van der Waals surface area (Å²) in [6, 6.07) is 0. The molecular formula is C10H18O2. The second-order valence-corrected chi connectivity index (χ2v) is 2.78. The third kappa shape index (κ3) is 7.48. The Morgan fingerprint density at radius 3 is 2.67 bits per heavy atom. The first-order valence-electron chi connectivity index (χ1n) is 4.58. The molecule has 0 heterocycles. The summed E-state index contributed by atoms with van der Waals surface area (Å²) in [6.07, 6.45) is 7.74. The number of carbonyl (C=O) groups excluding carboxylic acids is 1. The summed E-state index contributed by atoms with van der Waals surface area (Å²) < 4.78 is 0. The largest absolute Gasteiger partial charge is 0.396 e. The van der Waals surface area contributed by atoms with E-state index in [1.165, 1.54) is 0 Å². The molecule has 0 spiro atoms. The van der Waals surface area contributed by atoms with Crippen LogP contribution in [0, 0.1) is 0 Å². The first-order valence-corrected chi connectivity index (χ1v) is 4.58. The van der Waals surface area contributed by atoms with E-state index in [1.807, 2.05) is 6.08 Å². The Hall–Kier alpha value is -0.630. The Kier molecular flexibility index (Phi) is 8.02. The summed E-state index contributed by atoms with van der Waals surface area (Å²) in [5.41, 5.74) is 0. The maximum atomic E-state index is 11.0. The fraction of sp³-hybridized carbons (Fsp3) is 0.700. The molecule has 0 aliphatic rings. The summed E-state index contributed by atoms with van der Waals surface area (Å²) in [6.45, 7) is 2.20. The van der Waals surface area contributed by atoms with E-state index in [0.29, 0.717) is 19.3 Å². The SMILES string of the molecule is CC/C=C\CCC(=O)CCCO. The Morgan fingerprint density at radius 1 is 1.33 bits per heavy atom. The molecule has 0 rings (SSSR count). The maximum absolute atomic E-state index is 11.0. The molecule has 12 heavy (non-hydrogen) atoms. The smallest absolute Gasteiger partial charge is 0.133 e. The molecule has 0 saturated carbocycles. The highest BCUT2D eigenvalue weighted by Gasteiger charge is 1.98. The van der Waals surface area contributed by atoms with E-state index in [4.69, 9.17) is 5.11 Å². The number of rotatable bonds is 7. The molecule has 2 nitrogen and oxygen atoms in total. The van der Waals surface area contributed by atoms with Crippen LogP contribution < -0.4 is 0 Å². The third-order valence-corrected chi connectivity index (χ3v) is 1.61. The number of carbonyl (C=O) groups is 1. The van der Waals surface area contributed by atoms with E-state index < -0.39 is 0 Å².